The summed E-state index contributed by atoms with van der Waals surface area (Å²) in [6, 6.07) is 14.6. The third kappa shape index (κ3) is 4.98. The van der Waals surface area contributed by atoms with Crippen LogP contribution in [0, 0.1) is 0 Å². The Morgan fingerprint density at radius 3 is 2.43 bits per heavy atom. The molecule has 2 aromatic carbocycles. The molecule has 1 atom stereocenters. The highest BCUT2D eigenvalue weighted by Crippen LogP contribution is 2.14. The van der Waals surface area contributed by atoms with Gasteiger partial charge in [-0.2, -0.15) is 4.68 Å². The fraction of sp³-hybridized carbons (Fsp3) is 0.150. The van der Waals surface area contributed by atoms with E-state index >= 15 is 0 Å². The number of carbonyl (C=O) groups excluding carboxylic acids is 3. The van der Waals surface area contributed by atoms with E-state index in [4.69, 9.17) is 14.9 Å². The summed E-state index contributed by atoms with van der Waals surface area (Å²) in [6.45, 7) is 0.867. The van der Waals surface area contributed by atoms with Crippen molar-refractivity contribution in [1.29, 1.82) is 0 Å². The number of esters is 1. The predicted octanol–water partition coefficient (Wildman–Crippen LogP) is 1.17. The maximum atomic E-state index is 12.2. The number of anilines is 1. The largest absolute Gasteiger partial charge is 0.451 e. The summed E-state index contributed by atoms with van der Waals surface area (Å²) in [4.78, 5) is 47.3. The fourth-order valence-electron chi connectivity index (χ4n) is 2.48. The Labute approximate surface area is 170 Å². The molecule has 0 radical (unpaired) electrons. The third-order valence-electron chi connectivity index (χ3n) is 4.02. The van der Waals surface area contributed by atoms with Gasteiger partial charge in [-0.15, -0.1) is 5.10 Å². The molecule has 154 valence electrons. The Balaban J connectivity index is 1.58. The highest BCUT2D eigenvalue weighted by molar-refractivity contribution is 5.96. The summed E-state index contributed by atoms with van der Waals surface area (Å²) in [5, 5.41) is 6.50. The molecule has 1 heterocycles. The van der Waals surface area contributed by atoms with Crippen LogP contribution in [0.4, 0.5) is 5.69 Å². The number of nitrogens with one attached hydrogen (secondary N) is 1. The molecular weight excluding hydrogens is 392 g/mol. The van der Waals surface area contributed by atoms with Crippen LogP contribution in [0.2, 0.25) is 0 Å². The minimum absolute atomic E-state index is 0.0681. The van der Waals surface area contributed by atoms with Crippen LogP contribution in [0.5, 0.6) is 0 Å². The molecule has 2 amide bonds. The molecule has 10 nitrogen and oxygen atoms in total. The minimum atomic E-state index is -1.13. The summed E-state index contributed by atoms with van der Waals surface area (Å²) in [7, 11) is 0. The maximum Gasteiger partial charge on any atom is 0.437 e. The maximum absolute atomic E-state index is 12.2. The number of nitrogens with two attached hydrogens (primary N) is 1. The molecule has 0 unspecified atom stereocenters. The van der Waals surface area contributed by atoms with E-state index in [1.807, 2.05) is 0 Å². The van der Waals surface area contributed by atoms with E-state index in [1.54, 1.807) is 30.3 Å². The van der Waals surface area contributed by atoms with Gasteiger partial charge >= 0.3 is 11.7 Å². The van der Waals surface area contributed by atoms with Crippen LogP contribution in [0.15, 0.2) is 63.8 Å². The van der Waals surface area contributed by atoms with Gasteiger partial charge in [0.15, 0.2) is 6.10 Å². The van der Waals surface area contributed by atoms with Crippen molar-refractivity contribution in [3.05, 3.63) is 70.7 Å². The van der Waals surface area contributed by atoms with Gasteiger partial charge in [-0.1, -0.05) is 18.2 Å². The van der Waals surface area contributed by atoms with Crippen molar-refractivity contribution >= 4 is 23.5 Å². The molecule has 1 aromatic heterocycles. The third-order valence-corrected chi connectivity index (χ3v) is 4.02. The van der Waals surface area contributed by atoms with Crippen LogP contribution in [-0.4, -0.2) is 33.7 Å². The van der Waals surface area contributed by atoms with Crippen LogP contribution in [0.25, 0.3) is 11.5 Å². The van der Waals surface area contributed by atoms with Gasteiger partial charge in [0.2, 0.25) is 11.8 Å². The molecule has 0 aliphatic heterocycles. The van der Waals surface area contributed by atoms with E-state index in [1.165, 1.54) is 31.2 Å². The summed E-state index contributed by atoms with van der Waals surface area (Å²) in [5.41, 5.74) is 6.43. The molecule has 0 aliphatic carbocycles. The Hall–Kier alpha value is -4.21. The van der Waals surface area contributed by atoms with Gasteiger partial charge in [0, 0.05) is 16.8 Å². The SMILES string of the molecule is C[C@@H](OC(=O)Cn1nc(-c2ccccc2)oc1=O)C(=O)Nc1ccc(C(N)=O)cc1. The monoisotopic (exact) mass is 410 g/mol. The number of rotatable bonds is 7. The first-order valence-electron chi connectivity index (χ1n) is 8.87. The topological polar surface area (TPSA) is 147 Å². The Kier molecular flexibility index (Phi) is 6.06. The summed E-state index contributed by atoms with van der Waals surface area (Å²) in [5.74, 6) is -2.77. The normalized spacial score (nSPS) is 11.5. The average molecular weight is 410 g/mol. The van der Waals surface area contributed by atoms with Gasteiger partial charge < -0.3 is 20.2 Å². The van der Waals surface area contributed by atoms with E-state index < -0.39 is 36.2 Å². The van der Waals surface area contributed by atoms with Crippen LogP contribution < -0.4 is 16.8 Å². The molecule has 30 heavy (non-hydrogen) atoms. The lowest BCUT2D eigenvalue weighted by atomic mass is 10.2. The molecular formula is C20H18N4O6. The molecule has 0 aliphatic rings. The minimum Gasteiger partial charge on any atom is -0.451 e. The van der Waals surface area contributed by atoms with Crippen LogP contribution in [0.1, 0.15) is 17.3 Å². The Bertz CT molecular complexity index is 1120. The van der Waals surface area contributed by atoms with Crippen molar-refractivity contribution in [2.75, 3.05) is 5.32 Å². The number of aromatic nitrogens is 2. The number of hydrogen-bond acceptors (Lipinski definition) is 7. The number of primary amides is 1. The first-order chi connectivity index (χ1) is 14.3. The molecule has 3 rings (SSSR count). The molecule has 3 N–H and O–H groups in total. The van der Waals surface area contributed by atoms with E-state index in [-0.39, 0.29) is 5.89 Å². The van der Waals surface area contributed by atoms with E-state index in [0.29, 0.717) is 16.8 Å². The number of amides is 2. The second-order valence-electron chi connectivity index (χ2n) is 6.26. The molecule has 10 heteroatoms. The van der Waals surface area contributed by atoms with Crippen molar-refractivity contribution in [2.24, 2.45) is 5.73 Å². The standard InChI is InChI=1S/C20H18N4O6/c1-12(18(27)22-15-9-7-13(8-10-15)17(21)26)29-16(25)11-24-20(28)30-19(23-24)14-5-3-2-4-6-14/h2-10,12H,11H2,1H3,(H2,21,26)(H,22,27)/t12-/m1/s1. The molecule has 3 aromatic rings. The lowest BCUT2D eigenvalue weighted by Crippen LogP contribution is -2.32. The fourth-order valence-corrected chi connectivity index (χ4v) is 2.48. The van der Waals surface area contributed by atoms with Gasteiger partial charge in [-0.25, -0.2) is 4.79 Å². The van der Waals surface area contributed by atoms with Crippen molar-refractivity contribution in [1.82, 2.24) is 9.78 Å². The van der Waals surface area contributed by atoms with Crippen molar-refractivity contribution < 1.29 is 23.5 Å². The van der Waals surface area contributed by atoms with E-state index in [9.17, 15) is 19.2 Å². The van der Waals surface area contributed by atoms with E-state index in [2.05, 4.69) is 10.4 Å². The van der Waals surface area contributed by atoms with Crippen LogP contribution in [0.3, 0.4) is 0 Å². The second kappa shape index (κ2) is 8.86. The van der Waals surface area contributed by atoms with Crippen LogP contribution in [-0.2, 0) is 20.9 Å². The van der Waals surface area contributed by atoms with Crippen molar-refractivity contribution in [2.45, 2.75) is 19.6 Å². The van der Waals surface area contributed by atoms with Gasteiger partial charge in [0.25, 0.3) is 5.91 Å². The highest BCUT2D eigenvalue weighted by atomic mass is 16.5. The van der Waals surface area contributed by atoms with Gasteiger partial charge in [-0.05, 0) is 43.3 Å². The van der Waals surface area contributed by atoms with Crippen LogP contribution >= 0.6 is 0 Å². The second-order valence-corrected chi connectivity index (χ2v) is 6.26. The quantitative estimate of drug-likeness (QED) is 0.556. The molecule has 0 saturated heterocycles. The predicted molar refractivity (Wildman–Crippen MR) is 105 cm³/mol. The summed E-state index contributed by atoms with van der Waals surface area (Å²) >= 11 is 0. The summed E-state index contributed by atoms with van der Waals surface area (Å²) in [6.07, 6.45) is -1.13. The van der Waals surface area contributed by atoms with Crippen molar-refractivity contribution in [3.63, 3.8) is 0 Å². The first-order valence-corrected chi connectivity index (χ1v) is 8.87. The zero-order chi connectivity index (χ0) is 21.7. The first kappa shape index (κ1) is 20.5. The number of benzene rings is 2. The molecule has 0 saturated carbocycles. The number of ether oxygens (including phenoxy) is 1. The summed E-state index contributed by atoms with van der Waals surface area (Å²) < 4.78 is 10.9. The van der Waals surface area contributed by atoms with Gasteiger partial charge in [0.05, 0.1) is 0 Å². The lowest BCUT2D eigenvalue weighted by Gasteiger charge is -2.13. The zero-order valence-corrected chi connectivity index (χ0v) is 15.9. The van der Waals surface area contributed by atoms with Gasteiger partial charge in [-0.3, -0.25) is 14.4 Å². The Morgan fingerprint density at radius 1 is 1.13 bits per heavy atom. The van der Waals surface area contributed by atoms with E-state index in [0.717, 1.165) is 4.68 Å². The Morgan fingerprint density at radius 2 is 1.80 bits per heavy atom. The van der Waals surface area contributed by atoms with Crippen molar-refractivity contribution in [3.8, 4) is 11.5 Å². The smallest absolute Gasteiger partial charge is 0.437 e. The zero-order valence-electron chi connectivity index (χ0n) is 15.9. The lowest BCUT2D eigenvalue weighted by molar-refractivity contribution is -0.154. The highest BCUT2D eigenvalue weighted by Gasteiger charge is 2.20. The number of carbonyl (C=O) groups is 3. The number of hydrogen-bond donors (Lipinski definition) is 2. The molecule has 0 bridgehead atoms. The van der Waals surface area contributed by atoms with Gasteiger partial charge in [0.1, 0.15) is 6.54 Å². The molecule has 0 spiro atoms. The molecule has 0 fully saturated rings. The number of nitrogens with zero attached hydrogens (tertiary/aromatic N) is 2. The average Bonchev–Trinajstić information content (AvgIpc) is 3.09.